The van der Waals surface area contributed by atoms with Crippen LogP contribution in [0.1, 0.15) is 31.2 Å². The highest BCUT2D eigenvalue weighted by molar-refractivity contribution is 5.92. The first kappa shape index (κ1) is 18.1. The van der Waals surface area contributed by atoms with E-state index in [1.807, 2.05) is 36.4 Å². The summed E-state index contributed by atoms with van der Waals surface area (Å²) < 4.78 is 16.5. The average molecular weight is 355 g/mol. The van der Waals surface area contributed by atoms with Gasteiger partial charge in [-0.1, -0.05) is 12.1 Å². The minimum absolute atomic E-state index is 0.0877. The molecule has 0 bridgehead atoms. The summed E-state index contributed by atoms with van der Waals surface area (Å²) in [5.41, 5.74) is 1.60. The number of carbonyl (C=O) groups excluding carboxylic acids is 1. The van der Waals surface area contributed by atoms with E-state index in [1.54, 1.807) is 20.3 Å². The van der Waals surface area contributed by atoms with E-state index in [2.05, 4.69) is 5.32 Å². The van der Waals surface area contributed by atoms with Crippen molar-refractivity contribution in [2.45, 2.75) is 38.2 Å². The Balaban J connectivity index is 1.61. The van der Waals surface area contributed by atoms with E-state index in [0.29, 0.717) is 17.6 Å². The van der Waals surface area contributed by atoms with Gasteiger partial charge in [0.1, 0.15) is 5.75 Å². The van der Waals surface area contributed by atoms with E-state index in [-0.39, 0.29) is 12.3 Å². The van der Waals surface area contributed by atoms with Crippen LogP contribution < -0.4 is 19.5 Å². The molecule has 0 unspecified atom stereocenters. The maximum absolute atomic E-state index is 12.4. The van der Waals surface area contributed by atoms with Crippen LogP contribution in [0.15, 0.2) is 42.5 Å². The fourth-order valence-electron chi connectivity index (χ4n) is 3.23. The van der Waals surface area contributed by atoms with Crippen LogP contribution in [0.3, 0.4) is 0 Å². The minimum atomic E-state index is -0.0877. The summed E-state index contributed by atoms with van der Waals surface area (Å²) in [6, 6.07) is 13.1. The van der Waals surface area contributed by atoms with Crippen molar-refractivity contribution in [3.05, 3.63) is 48.0 Å². The summed E-state index contributed by atoms with van der Waals surface area (Å²) in [6.07, 6.45) is 5.23. The van der Waals surface area contributed by atoms with Crippen LogP contribution in [-0.2, 0) is 11.2 Å². The predicted molar refractivity (Wildman–Crippen MR) is 101 cm³/mol. The first-order valence-electron chi connectivity index (χ1n) is 8.95. The van der Waals surface area contributed by atoms with Gasteiger partial charge < -0.3 is 19.5 Å². The van der Waals surface area contributed by atoms with Gasteiger partial charge >= 0.3 is 0 Å². The van der Waals surface area contributed by atoms with Crippen LogP contribution in [0.25, 0.3) is 0 Å². The van der Waals surface area contributed by atoms with Crippen LogP contribution in [0.2, 0.25) is 0 Å². The van der Waals surface area contributed by atoms with Crippen molar-refractivity contribution in [1.82, 2.24) is 0 Å². The van der Waals surface area contributed by atoms with Gasteiger partial charge in [-0.3, -0.25) is 4.79 Å². The number of anilines is 1. The SMILES string of the molecule is COc1ccc(CC(=O)Nc2cccc(OC3CCCC3)c2)cc1OC. The van der Waals surface area contributed by atoms with Gasteiger partial charge in [0.25, 0.3) is 0 Å². The molecule has 1 amide bonds. The number of methoxy groups -OCH3 is 2. The zero-order valence-electron chi connectivity index (χ0n) is 15.3. The Morgan fingerprint density at radius 3 is 2.54 bits per heavy atom. The molecular formula is C21H25NO4. The lowest BCUT2D eigenvalue weighted by atomic mass is 10.1. The number of nitrogens with one attached hydrogen (secondary N) is 1. The Morgan fingerprint density at radius 2 is 1.81 bits per heavy atom. The molecule has 1 fully saturated rings. The molecule has 138 valence electrons. The summed E-state index contributed by atoms with van der Waals surface area (Å²) in [5.74, 6) is 1.98. The number of hydrogen-bond donors (Lipinski definition) is 1. The molecule has 0 aromatic heterocycles. The van der Waals surface area contributed by atoms with E-state index >= 15 is 0 Å². The van der Waals surface area contributed by atoms with Gasteiger partial charge in [-0.15, -0.1) is 0 Å². The molecule has 0 radical (unpaired) electrons. The Morgan fingerprint density at radius 1 is 1.04 bits per heavy atom. The molecule has 0 aliphatic heterocycles. The van der Waals surface area contributed by atoms with Gasteiger partial charge in [-0.05, 0) is 55.5 Å². The second-order valence-electron chi connectivity index (χ2n) is 6.47. The molecule has 2 aromatic rings. The van der Waals surface area contributed by atoms with Gasteiger partial charge in [0.2, 0.25) is 5.91 Å². The van der Waals surface area contributed by atoms with E-state index in [9.17, 15) is 4.79 Å². The molecule has 3 rings (SSSR count). The molecule has 1 N–H and O–H groups in total. The lowest BCUT2D eigenvalue weighted by Gasteiger charge is -2.14. The largest absolute Gasteiger partial charge is 0.493 e. The Labute approximate surface area is 154 Å². The van der Waals surface area contributed by atoms with Crippen LogP contribution in [0.4, 0.5) is 5.69 Å². The lowest BCUT2D eigenvalue weighted by Crippen LogP contribution is -2.15. The van der Waals surface area contributed by atoms with Gasteiger partial charge in [0.15, 0.2) is 11.5 Å². The van der Waals surface area contributed by atoms with Crippen molar-refractivity contribution in [1.29, 1.82) is 0 Å². The highest BCUT2D eigenvalue weighted by Gasteiger charge is 2.16. The average Bonchev–Trinajstić information content (AvgIpc) is 3.14. The Kier molecular flexibility index (Phi) is 6.00. The van der Waals surface area contributed by atoms with E-state index in [4.69, 9.17) is 14.2 Å². The van der Waals surface area contributed by atoms with Crippen molar-refractivity contribution in [3.8, 4) is 17.2 Å². The Bertz CT molecular complexity index is 753. The first-order valence-corrected chi connectivity index (χ1v) is 8.95. The van der Waals surface area contributed by atoms with Crippen LogP contribution >= 0.6 is 0 Å². The molecule has 0 spiro atoms. The third-order valence-electron chi connectivity index (χ3n) is 4.54. The molecule has 0 atom stereocenters. The molecule has 5 nitrogen and oxygen atoms in total. The number of rotatable bonds is 7. The highest BCUT2D eigenvalue weighted by atomic mass is 16.5. The van der Waals surface area contributed by atoms with E-state index < -0.39 is 0 Å². The molecule has 1 saturated carbocycles. The summed E-state index contributed by atoms with van der Waals surface area (Å²) in [4.78, 5) is 12.4. The fraction of sp³-hybridized carbons (Fsp3) is 0.381. The zero-order valence-corrected chi connectivity index (χ0v) is 15.3. The third kappa shape index (κ3) is 4.69. The monoisotopic (exact) mass is 355 g/mol. The standard InChI is InChI=1S/C21H25NO4/c1-24-19-11-10-15(12-20(19)25-2)13-21(23)22-16-6-5-9-18(14-16)26-17-7-3-4-8-17/h5-6,9-12,14,17H,3-4,7-8,13H2,1-2H3,(H,22,23). The smallest absolute Gasteiger partial charge is 0.228 e. The molecule has 0 saturated heterocycles. The number of benzene rings is 2. The molecule has 0 heterocycles. The van der Waals surface area contributed by atoms with Crippen molar-refractivity contribution >= 4 is 11.6 Å². The number of ether oxygens (including phenoxy) is 3. The molecule has 1 aliphatic carbocycles. The molecule has 2 aromatic carbocycles. The molecule has 5 heteroatoms. The van der Waals surface area contributed by atoms with Crippen molar-refractivity contribution in [2.75, 3.05) is 19.5 Å². The van der Waals surface area contributed by atoms with Crippen LogP contribution in [0.5, 0.6) is 17.2 Å². The first-order chi connectivity index (χ1) is 12.7. The normalized spacial score (nSPS) is 14.1. The van der Waals surface area contributed by atoms with E-state index in [0.717, 1.165) is 29.8 Å². The second kappa shape index (κ2) is 8.61. The van der Waals surface area contributed by atoms with E-state index in [1.165, 1.54) is 12.8 Å². The topological polar surface area (TPSA) is 56.8 Å². The highest BCUT2D eigenvalue weighted by Crippen LogP contribution is 2.28. The quantitative estimate of drug-likeness (QED) is 0.808. The van der Waals surface area contributed by atoms with Crippen molar-refractivity contribution in [3.63, 3.8) is 0 Å². The van der Waals surface area contributed by atoms with Crippen LogP contribution in [0, 0.1) is 0 Å². The van der Waals surface area contributed by atoms with Gasteiger partial charge in [-0.2, -0.15) is 0 Å². The zero-order chi connectivity index (χ0) is 18.4. The van der Waals surface area contributed by atoms with Crippen LogP contribution in [-0.4, -0.2) is 26.2 Å². The lowest BCUT2D eigenvalue weighted by molar-refractivity contribution is -0.115. The molecular weight excluding hydrogens is 330 g/mol. The second-order valence-corrected chi connectivity index (χ2v) is 6.47. The van der Waals surface area contributed by atoms with Crippen molar-refractivity contribution in [2.24, 2.45) is 0 Å². The summed E-state index contributed by atoms with van der Waals surface area (Å²) in [7, 11) is 3.17. The summed E-state index contributed by atoms with van der Waals surface area (Å²) in [5, 5.41) is 2.93. The Hall–Kier alpha value is -2.69. The minimum Gasteiger partial charge on any atom is -0.493 e. The maximum atomic E-state index is 12.4. The number of hydrogen-bond acceptors (Lipinski definition) is 4. The summed E-state index contributed by atoms with van der Waals surface area (Å²) in [6.45, 7) is 0. The molecule has 1 aliphatic rings. The molecule has 26 heavy (non-hydrogen) atoms. The maximum Gasteiger partial charge on any atom is 0.228 e. The third-order valence-corrected chi connectivity index (χ3v) is 4.54. The predicted octanol–water partition coefficient (Wildman–Crippen LogP) is 4.21. The fourth-order valence-corrected chi connectivity index (χ4v) is 3.23. The van der Waals surface area contributed by atoms with Crippen molar-refractivity contribution < 1.29 is 19.0 Å². The number of amides is 1. The van der Waals surface area contributed by atoms with Gasteiger partial charge in [-0.25, -0.2) is 0 Å². The van der Waals surface area contributed by atoms with Gasteiger partial charge in [0, 0.05) is 11.8 Å². The summed E-state index contributed by atoms with van der Waals surface area (Å²) >= 11 is 0. The van der Waals surface area contributed by atoms with Gasteiger partial charge in [0.05, 0.1) is 26.7 Å². The number of carbonyl (C=O) groups is 1.